The molecule has 1 rings (SSSR count). The van der Waals surface area contributed by atoms with Crippen molar-refractivity contribution >= 4 is 11.6 Å². The molecule has 4 heteroatoms. The van der Waals surface area contributed by atoms with E-state index in [1.807, 2.05) is 38.1 Å². The van der Waals surface area contributed by atoms with Crippen molar-refractivity contribution in [3.05, 3.63) is 29.8 Å². The average molecular weight is 292 g/mol. The van der Waals surface area contributed by atoms with Crippen molar-refractivity contribution in [3.8, 4) is 0 Å². The van der Waals surface area contributed by atoms with Crippen LogP contribution in [0.25, 0.3) is 0 Å². The van der Waals surface area contributed by atoms with Crippen molar-refractivity contribution in [2.75, 3.05) is 18.5 Å². The highest BCUT2D eigenvalue weighted by molar-refractivity contribution is 5.95. The number of amides is 1. The summed E-state index contributed by atoms with van der Waals surface area (Å²) in [5, 5.41) is 15.8. The van der Waals surface area contributed by atoms with Gasteiger partial charge in [-0.05, 0) is 44.9 Å². The summed E-state index contributed by atoms with van der Waals surface area (Å²) in [4.78, 5) is 12.0. The maximum atomic E-state index is 12.0. The number of benzene rings is 1. The molecule has 0 aromatic heterocycles. The fourth-order valence-corrected chi connectivity index (χ4v) is 2.18. The Morgan fingerprint density at radius 3 is 2.48 bits per heavy atom. The van der Waals surface area contributed by atoms with Crippen molar-refractivity contribution < 1.29 is 9.90 Å². The second kappa shape index (κ2) is 8.03. The molecule has 1 amide bonds. The van der Waals surface area contributed by atoms with Crippen molar-refractivity contribution in [3.63, 3.8) is 0 Å². The van der Waals surface area contributed by atoms with Crippen LogP contribution in [0, 0.1) is 5.41 Å². The molecule has 0 spiro atoms. The van der Waals surface area contributed by atoms with E-state index in [4.69, 9.17) is 0 Å². The van der Waals surface area contributed by atoms with Gasteiger partial charge in [-0.15, -0.1) is 0 Å². The Labute approximate surface area is 128 Å². The van der Waals surface area contributed by atoms with Gasteiger partial charge in [0.15, 0.2) is 0 Å². The first-order valence-corrected chi connectivity index (χ1v) is 7.72. The highest BCUT2D eigenvalue weighted by Crippen LogP contribution is 2.26. The standard InChI is InChI=1S/C17H28N2O2/c1-5-17(6-2,12-20)11-18-15-9-7-8-14(10-15)16(21)19-13(3)4/h7-10,13,18,20H,5-6,11-12H2,1-4H3,(H,19,21). The van der Waals surface area contributed by atoms with Crippen molar-refractivity contribution in [1.82, 2.24) is 5.32 Å². The average Bonchev–Trinajstić information content (AvgIpc) is 2.49. The largest absolute Gasteiger partial charge is 0.396 e. The number of carbonyl (C=O) groups is 1. The lowest BCUT2D eigenvalue weighted by molar-refractivity contribution is 0.0943. The Balaban J connectivity index is 2.75. The topological polar surface area (TPSA) is 61.4 Å². The molecule has 0 aliphatic carbocycles. The van der Waals surface area contributed by atoms with E-state index >= 15 is 0 Å². The van der Waals surface area contributed by atoms with Gasteiger partial charge in [-0.3, -0.25) is 4.79 Å². The van der Waals surface area contributed by atoms with Crippen LogP contribution in [-0.2, 0) is 0 Å². The van der Waals surface area contributed by atoms with Crippen LogP contribution in [0.5, 0.6) is 0 Å². The summed E-state index contributed by atoms with van der Waals surface area (Å²) in [5.41, 5.74) is 1.46. The third kappa shape index (κ3) is 5.05. The van der Waals surface area contributed by atoms with Crippen molar-refractivity contribution in [2.24, 2.45) is 5.41 Å². The molecule has 0 aliphatic heterocycles. The van der Waals surface area contributed by atoms with Crippen LogP contribution in [0.3, 0.4) is 0 Å². The van der Waals surface area contributed by atoms with E-state index in [0.29, 0.717) is 12.1 Å². The monoisotopic (exact) mass is 292 g/mol. The van der Waals surface area contributed by atoms with Gasteiger partial charge < -0.3 is 15.7 Å². The zero-order valence-corrected chi connectivity index (χ0v) is 13.6. The molecule has 0 aliphatic rings. The van der Waals surface area contributed by atoms with Crippen LogP contribution in [-0.4, -0.2) is 30.2 Å². The lowest BCUT2D eigenvalue weighted by Crippen LogP contribution is -2.32. The minimum atomic E-state index is -0.101. The summed E-state index contributed by atoms with van der Waals surface area (Å²) < 4.78 is 0. The van der Waals surface area contributed by atoms with Gasteiger partial charge in [0.05, 0.1) is 6.61 Å². The normalized spacial score (nSPS) is 11.5. The van der Waals surface area contributed by atoms with Crippen LogP contribution in [0.15, 0.2) is 24.3 Å². The number of hydrogen-bond acceptors (Lipinski definition) is 3. The number of aliphatic hydroxyl groups is 1. The quantitative estimate of drug-likeness (QED) is 0.690. The molecule has 0 saturated heterocycles. The summed E-state index contributed by atoms with van der Waals surface area (Å²) in [6, 6.07) is 7.60. The number of anilines is 1. The van der Waals surface area contributed by atoms with Crippen LogP contribution >= 0.6 is 0 Å². The van der Waals surface area contributed by atoms with Crippen LogP contribution < -0.4 is 10.6 Å². The molecule has 3 N–H and O–H groups in total. The lowest BCUT2D eigenvalue weighted by atomic mass is 9.83. The molecule has 21 heavy (non-hydrogen) atoms. The Morgan fingerprint density at radius 2 is 1.95 bits per heavy atom. The van der Waals surface area contributed by atoms with E-state index in [2.05, 4.69) is 24.5 Å². The van der Waals surface area contributed by atoms with Gasteiger partial charge in [0.1, 0.15) is 0 Å². The van der Waals surface area contributed by atoms with Crippen LogP contribution in [0.1, 0.15) is 50.9 Å². The number of aliphatic hydroxyl groups excluding tert-OH is 1. The van der Waals surface area contributed by atoms with E-state index in [-0.39, 0.29) is 24.0 Å². The molecule has 1 aromatic rings. The number of rotatable bonds is 8. The predicted molar refractivity (Wildman–Crippen MR) is 87.6 cm³/mol. The fourth-order valence-electron chi connectivity index (χ4n) is 2.18. The van der Waals surface area contributed by atoms with E-state index in [0.717, 1.165) is 18.5 Å². The van der Waals surface area contributed by atoms with Gasteiger partial charge in [-0.2, -0.15) is 0 Å². The van der Waals surface area contributed by atoms with E-state index in [1.54, 1.807) is 0 Å². The van der Waals surface area contributed by atoms with Gasteiger partial charge >= 0.3 is 0 Å². The van der Waals surface area contributed by atoms with Gasteiger partial charge in [0.2, 0.25) is 0 Å². The second-order valence-corrected chi connectivity index (χ2v) is 5.93. The first kappa shape index (κ1) is 17.5. The third-order valence-electron chi connectivity index (χ3n) is 4.05. The third-order valence-corrected chi connectivity index (χ3v) is 4.05. The Hall–Kier alpha value is -1.55. The number of carbonyl (C=O) groups excluding carboxylic acids is 1. The van der Waals surface area contributed by atoms with Crippen molar-refractivity contribution in [2.45, 2.75) is 46.6 Å². The highest BCUT2D eigenvalue weighted by Gasteiger charge is 2.24. The zero-order valence-electron chi connectivity index (χ0n) is 13.6. The first-order valence-electron chi connectivity index (χ1n) is 7.72. The second-order valence-electron chi connectivity index (χ2n) is 5.93. The first-order chi connectivity index (χ1) is 9.96. The molecule has 1 aromatic carbocycles. The Morgan fingerprint density at radius 1 is 1.29 bits per heavy atom. The highest BCUT2D eigenvalue weighted by atomic mass is 16.3. The molecule has 118 valence electrons. The minimum absolute atomic E-state index is 0.0620. The van der Waals surface area contributed by atoms with Crippen LogP contribution in [0.4, 0.5) is 5.69 Å². The lowest BCUT2D eigenvalue weighted by Gasteiger charge is -2.30. The van der Waals surface area contributed by atoms with Crippen LogP contribution in [0.2, 0.25) is 0 Å². The molecule has 0 radical (unpaired) electrons. The number of hydrogen-bond donors (Lipinski definition) is 3. The van der Waals surface area contributed by atoms with Gasteiger partial charge in [0.25, 0.3) is 5.91 Å². The van der Waals surface area contributed by atoms with Crippen molar-refractivity contribution in [1.29, 1.82) is 0 Å². The summed E-state index contributed by atoms with van der Waals surface area (Å²) in [6.07, 6.45) is 1.83. The summed E-state index contributed by atoms with van der Waals surface area (Å²) in [7, 11) is 0. The number of nitrogens with one attached hydrogen (secondary N) is 2. The Kier molecular flexibility index (Phi) is 6.69. The van der Waals surface area contributed by atoms with Gasteiger partial charge in [-0.25, -0.2) is 0 Å². The molecule has 4 nitrogen and oxygen atoms in total. The molecule has 0 unspecified atom stereocenters. The molecule has 0 fully saturated rings. The smallest absolute Gasteiger partial charge is 0.251 e. The van der Waals surface area contributed by atoms with E-state index < -0.39 is 0 Å². The summed E-state index contributed by atoms with van der Waals surface area (Å²) >= 11 is 0. The minimum Gasteiger partial charge on any atom is -0.396 e. The maximum absolute atomic E-state index is 12.0. The molecule has 0 atom stereocenters. The zero-order chi connectivity index (χ0) is 15.9. The van der Waals surface area contributed by atoms with Gasteiger partial charge in [0, 0.05) is 29.3 Å². The SMILES string of the molecule is CCC(CC)(CO)CNc1cccc(C(=O)NC(C)C)c1. The summed E-state index contributed by atoms with van der Waals surface area (Å²) in [5.74, 6) is -0.0620. The molecule has 0 saturated carbocycles. The predicted octanol–water partition coefficient (Wildman–Crippen LogP) is 3.04. The molecular weight excluding hydrogens is 264 g/mol. The Bertz CT molecular complexity index is 446. The molecular formula is C17H28N2O2. The van der Waals surface area contributed by atoms with E-state index in [9.17, 15) is 9.90 Å². The molecule has 0 heterocycles. The summed E-state index contributed by atoms with van der Waals surface area (Å²) in [6.45, 7) is 8.93. The van der Waals surface area contributed by atoms with E-state index in [1.165, 1.54) is 0 Å². The maximum Gasteiger partial charge on any atom is 0.251 e. The fraction of sp³-hybridized carbons (Fsp3) is 0.588. The van der Waals surface area contributed by atoms with Gasteiger partial charge in [-0.1, -0.05) is 19.9 Å². The molecule has 0 bridgehead atoms.